The number of esters is 1. The van der Waals surface area contributed by atoms with E-state index in [0.717, 1.165) is 76.2 Å². The van der Waals surface area contributed by atoms with Crippen molar-refractivity contribution in [3.05, 3.63) is 23.8 Å². The van der Waals surface area contributed by atoms with Crippen molar-refractivity contribution in [2.75, 3.05) is 13.9 Å². The van der Waals surface area contributed by atoms with Crippen LogP contribution in [0, 0.1) is 11.8 Å². The third-order valence-electron chi connectivity index (χ3n) is 9.16. The number of hydrogen-bond acceptors (Lipinski definition) is 7. The first-order valence-corrected chi connectivity index (χ1v) is 18.6. The molecule has 0 aromatic carbocycles. The van der Waals surface area contributed by atoms with Gasteiger partial charge >= 0.3 is 5.97 Å². The number of carbonyl (C=O) groups excluding carboxylic acids is 1. The van der Waals surface area contributed by atoms with Crippen LogP contribution in [0.1, 0.15) is 155 Å². The standard InChI is InChI=1S/C39H66O7/c1-4-5-6-7-8-9-10-11-15-22-27-37(44-31-43-3)38-29-28-36(46-38)35(41)26-21-17-16-20-25-34(40)24-19-14-12-13-18-23-33-30-32(2)45-39(33)42/h17,21,30,32,34-38,40-41H,4-15,18-19,22-29,31H2,1-3H3/b21-17+/t32-,34+,35+,36+,37+,38+/m0/s1. The molecule has 0 spiro atoms. The van der Waals surface area contributed by atoms with Crippen molar-refractivity contribution in [1.29, 1.82) is 0 Å². The van der Waals surface area contributed by atoms with Crippen LogP contribution in [0.3, 0.4) is 0 Å². The Morgan fingerprint density at radius 3 is 2.20 bits per heavy atom. The molecule has 2 rings (SSSR count). The highest BCUT2D eigenvalue weighted by molar-refractivity contribution is 5.90. The van der Waals surface area contributed by atoms with Crippen LogP contribution in [0.25, 0.3) is 0 Å². The molecule has 1 fully saturated rings. The Hall–Kier alpha value is -1.69. The third kappa shape index (κ3) is 18.6. The van der Waals surface area contributed by atoms with Crippen molar-refractivity contribution in [3.8, 4) is 11.8 Å². The predicted octanol–water partition coefficient (Wildman–Crippen LogP) is 8.50. The Balaban J connectivity index is 1.53. The first kappa shape index (κ1) is 40.5. The Kier molecular flexibility index (Phi) is 23.1. The van der Waals surface area contributed by atoms with E-state index in [0.29, 0.717) is 12.8 Å². The Bertz CT molecular complexity index is 904. The van der Waals surface area contributed by atoms with Gasteiger partial charge in [0.25, 0.3) is 0 Å². The smallest absolute Gasteiger partial charge is 0.334 e. The van der Waals surface area contributed by atoms with Crippen LogP contribution in [-0.4, -0.2) is 66.7 Å². The number of aliphatic hydroxyl groups is 2. The number of hydrogen-bond donors (Lipinski definition) is 2. The summed E-state index contributed by atoms with van der Waals surface area (Å²) in [5, 5.41) is 21.0. The molecule has 0 radical (unpaired) electrons. The quantitative estimate of drug-likeness (QED) is 0.0400. The van der Waals surface area contributed by atoms with E-state index in [2.05, 4.69) is 18.8 Å². The second kappa shape index (κ2) is 26.3. The monoisotopic (exact) mass is 646 g/mol. The topological polar surface area (TPSA) is 94.5 Å². The fraction of sp³-hybridized carbons (Fsp3) is 0.821. The number of allylic oxidation sites excluding steroid dienone is 1. The van der Waals surface area contributed by atoms with E-state index in [1.54, 1.807) is 13.2 Å². The van der Waals surface area contributed by atoms with Crippen LogP contribution < -0.4 is 0 Å². The van der Waals surface area contributed by atoms with Crippen LogP contribution in [0.15, 0.2) is 23.8 Å². The van der Waals surface area contributed by atoms with E-state index in [1.807, 2.05) is 19.1 Å². The third-order valence-corrected chi connectivity index (χ3v) is 9.16. The number of cyclic esters (lactones) is 1. The average Bonchev–Trinajstić information content (AvgIpc) is 3.66. The molecule has 0 aromatic rings. The molecule has 0 unspecified atom stereocenters. The molecule has 46 heavy (non-hydrogen) atoms. The Morgan fingerprint density at radius 1 is 0.913 bits per heavy atom. The molecule has 0 bridgehead atoms. The molecule has 0 amide bonds. The zero-order valence-corrected chi connectivity index (χ0v) is 29.4. The average molecular weight is 647 g/mol. The van der Waals surface area contributed by atoms with Gasteiger partial charge in [0, 0.05) is 19.1 Å². The lowest BCUT2D eigenvalue weighted by Crippen LogP contribution is -2.33. The van der Waals surface area contributed by atoms with Gasteiger partial charge in [-0.25, -0.2) is 4.79 Å². The first-order valence-electron chi connectivity index (χ1n) is 18.6. The summed E-state index contributed by atoms with van der Waals surface area (Å²) in [5.74, 6) is 5.87. The summed E-state index contributed by atoms with van der Waals surface area (Å²) < 4.78 is 22.6. The van der Waals surface area contributed by atoms with Gasteiger partial charge in [0.2, 0.25) is 0 Å². The van der Waals surface area contributed by atoms with Gasteiger partial charge in [-0.3, -0.25) is 0 Å². The van der Waals surface area contributed by atoms with Crippen LogP contribution in [0.4, 0.5) is 0 Å². The number of unbranched alkanes of at least 4 members (excludes halogenated alkanes) is 13. The van der Waals surface area contributed by atoms with Crippen molar-refractivity contribution >= 4 is 5.97 Å². The van der Waals surface area contributed by atoms with E-state index in [9.17, 15) is 15.0 Å². The van der Waals surface area contributed by atoms with Gasteiger partial charge in [0.15, 0.2) is 0 Å². The summed E-state index contributed by atoms with van der Waals surface area (Å²) in [6.07, 6.45) is 27.9. The molecule has 0 aromatic heterocycles. The summed E-state index contributed by atoms with van der Waals surface area (Å²) in [7, 11) is 1.65. The van der Waals surface area contributed by atoms with E-state index in [1.165, 1.54) is 57.8 Å². The second-order valence-corrected chi connectivity index (χ2v) is 13.4. The molecule has 7 heteroatoms. The summed E-state index contributed by atoms with van der Waals surface area (Å²) in [5.41, 5.74) is 0.817. The predicted molar refractivity (Wildman–Crippen MR) is 185 cm³/mol. The van der Waals surface area contributed by atoms with Crippen LogP contribution in [0.2, 0.25) is 0 Å². The summed E-state index contributed by atoms with van der Waals surface area (Å²) in [6.45, 7) is 4.42. The van der Waals surface area contributed by atoms with Crippen molar-refractivity contribution in [3.63, 3.8) is 0 Å². The molecule has 264 valence electrons. The van der Waals surface area contributed by atoms with Crippen LogP contribution >= 0.6 is 0 Å². The maximum Gasteiger partial charge on any atom is 0.334 e. The molecule has 7 nitrogen and oxygen atoms in total. The van der Waals surface area contributed by atoms with Crippen LogP contribution in [-0.2, 0) is 23.7 Å². The SMILES string of the molecule is CCCCCCCCCCCC[C@@H](OCOC)[C@H]1CC[C@H]([C@H](O)C/C=C/C#CC[C@H](O)CCCCCCCC2=C[C@H](C)OC2=O)O1. The highest BCUT2D eigenvalue weighted by Gasteiger charge is 2.35. The zero-order chi connectivity index (χ0) is 33.2. The zero-order valence-electron chi connectivity index (χ0n) is 29.4. The van der Waals surface area contributed by atoms with Gasteiger partial charge in [-0.1, -0.05) is 115 Å². The Labute approximate surface area is 280 Å². The molecule has 2 aliphatic rings. The highest BCUT2D eigenvalue weighted by atomic mass is 16.7. The summed E-state index contributed by atoms with van der Waals surface area (Å²) >= 11 is 0. The normalized spacial score (nSPS) is 21.6. The summed E-state index contributed by atoms with van der Waals surface area (Å²) in [6, 6.07) is 0. The Morgan fingerprint density at radius 2 is 1.54 bits per heavy atom. The van der Waals surface area contributed by atoms with E-state index in [4.69, 9.17) is 18.9 Å². The maximum atomic E-state index is 11.6. The molecule has 1 saturated heterocycles. The second-order valence-electron chi connectivity index (χ2n) is 13.4. The van der Waals surface area contributed by atoms with Gasteiger partial charge < -0.3 is 29.2 Å². The molecule has 2 heterocycles. The number of aliphatic hydroxyl groups excluding tert-OH is 2. The minimum atomic E-state index is -0.568. The number of rotatable bonds is 27. The number of carbonyl (C=O) groups is 1. The first-order chi connectivity index (χ1) is 22.4. The molecule has 0 saturated carbocycles. The lowest BCUT2D eigenvalue weighted by atomic mass is 10.0. The molecular weight excluding hydrogens is 580 g/mol. The maximum absolute atomic E-state index is 11.6. The van der Waals surface area contributed by atoms with Gasteiger partial charge in [-0.2, -0.15) is 0 Å². The van der Waals surface area contributed by atoms with Crippen molar-refractivity contribution < 1.29 is 34.0 Å². The number of methoxy groups -OCH3 is 1. The fourth-order valence-electron chi connectivity index (χ4n) is 6.41. The minimum Gasteiger partial charge on any atom is -0.455 e. The fourth-order valence-corrected chi connectivity index (χ4v) is 6.41. The van der Waals surface area contributed by atoms with Gasteiger partial charge in [-0.15, -0.1) is 0 Å². The van der Waals surface area contributed by atoms with Gasteiger partial charge in [-0.05, 0) is 64.0 Å². The highest BCUT2D eigenvalue weighted by Crippen LogP contribution is 2.29. The molecule has 2 aliphatic heterocycles. The molecule has 6 atom stereocenters. The van der Waals surface area contributed by atoms with Crippen molar-refractivity contribution in [2.45, 2.75) is 192 Å². The summed E-state index contributed by atoms with van der Waals surface area (Å²) in [4.78, 5) is 11.6. The molecule has 2 N–H and O–H groups in total. The van der Waals surface area contributed by atoms with Gasteiger partial charge in [0.1, 0.15) is 12.9 Å². The van der Waals surface area contributed by atoms with Crippen molar-refractivity contribution in [2.24, 2.45) is 0 Å². The van der Waals surface area contributed by atoms with Crippen molar-refractivity contribution in [1.82, 2.24) is 0 Å². The van der Waals surface area contributed by atoms with E-state index < -0.39 is 12.2 Å². The minimum absolute atomic E-state index is 0.00195. The van der Waals surface area contributed by atoms with Crippen LogP contribution in [0.5, 0.6) is 0 Å². The number of ether oxygens (including phenoxy) is 4. The van der Waals surface area contributed by atoms with Gasteiger partial charge in [0.05, 0.1) is 30.5 Å². The molecular formula is C39H66O7. The van der Waals surface area contributed by atoms with E-state index >= 15 is 0 Å². The lowest BCUT2D eigenvalue weighted by Gasteiger charge is -2.25. The van der Waals surface area contributed by atoms with E-state index in [-0.39, 0.29) is 37.2 Å². The lowest BCUT2D eigenvalue weighted by molar-refractivity contribution is -0.139. The largest absolute Gasteiger partial charge is 0.455 e. The molecule has 0 aliphatic carbocycles.